The van der Waals surface area contributed by atoms with Crippen LogP contribution in [-0.4, -0.2) is 32.6 Å². The van der Waals surface area contributed by atoms with Crippen molar-refractivity contribution in [3.8, 4) is 0 Å². The zero-order valence-electron chi connectivity index (χ0n) is 9.90. The van der Waals surface area contributed by atoms with Crippen LogP contribution in [0.4, 0.5) is 5.69 Å². The van der Waals surface area contributed by atoms with Crippen LogP contribution in [0.25, 0.3) is 0 Å². The molecule has 0 bridgehead atoms. The smallest absolute Gasteiger partial charge is 0.0409 e. The molecule has 1 aliphatic heterocycles. The number of para-hydroxylation sites is 1. The second-order valence-corrected chi connectivity index (χ2v) is 4.59. The predicted octanol–water partition coefficient (Wildman–Crippen LogP) is 2.52. The van der Waals surface area contributed by atoms with Gasteiger partial charge in [0.05, 0.1) is 0 Å². The van der Waals surface area contributed by atoms with Gasteiger partial charge in [0.1, 0.15) is 0 Å². The molecule has 0 radical (unpaired) electrons. The van der Waals surface area contributed by atoms with Crippen LogP contribution in [0.2, 0.25) is 0 Å². The lowest BCUT2D eigenvalue weighted by atomic mass is 10.0. The maximum atomic E-state index is 2.46. The van der Waals surface area contributed by atoms with Crippen LogP contribution in [0.5, 0.6) is 0 Å². The first-order chi connectivity index (χ1) is 7.20. The standard InChI is InChI=1S/C13H20N2/c1-14(2)12-8-5-4-7-11(12)13-9-6-10-15(13)3/h4-5,7-8,13H,6,9-10H2,1-3H3/t13-/m0/s1. The van der Waals surface area contributed by atoms with Crippen molar-refractivity contribution in [2.45, 2.75) is 18.9 Å². The summed E-state index contributed by atoms with van der Waals surface area (Å²) in [7, 11) is 6.46. The Morgan fingerprint density at radius 1 is 1.27 bits per heavy atom. The Hall–Kier alpha value is -1.02. The van der Waals surface area contributed by atoms with E-state index in [0.717, 1.165) is 0 Å². The third-order valence-electron chi connectivity index (χ3n) is 3.30. The summed E-state index contributed by atoms with van der Waals surface area (Å²) in [6.45, 7) is 1.23. The van der Waals surface area contributed by atoms with E-state index in [1.54, 1.807) is 0 Å². The Morgan fingerprint density at radius 3 is 2.60 bits per heavy atom. The van der Waals surface area contributed by atoms with Crippen LogP contribution < -0.4 is 4.90 Å². The third kappa shape index (κ3) is 2.00. The second kappa shape index (κ2) is 4.23. The molecule has 82 valence electrons. The molecule has 0 amide bonds. The highest BCUT2D eigenvalue weighted by atomic mass is 15.2. The monoisotopic (exact) mass is 204 g/mol. The van der Waals surface area contributed by atoms with Crippen LogP contribution in [0.15, 0.2) is 24.3 Å². The van der Waals surface area contributed by atoms with Crippen molar-refractivity contribution < 1.29 is 0 Å². The number of hydrogen-bond acceptors (Lipinski definition) is 2. The van der Waals surface area contributed by atoms with E-state index in [4.69, 9.17) is 0 Å². The molecule has 0 unspecified atom stereocenters. The lowest BCUT2D eigenvalue weighted by Crippen LogP contribution is -2.20. The fraction of sp³-hybridized carbons (Fsp3) is 0.538. The fourth-order valence-electron chi connectivity index (χ4n) is 2.48. The molecule has 1 heterocycles. The van der Waals surface area contributed by atoms with Crippen molar-refractivity contribution in [3.63, 3.8) is 0 Å². The second-order valence-electron chi connectivity index (χ2n) is 4.59. The normalized spacial score (nSPS) is 21.9. The van der Waals surface area contributed by atoms with Gasteiger partial charge in [-0.1, -0.05) is 18.2 Å². The average Bonchev–Trinajstić information content (AvgIpc) is 2.64. The van der Waals surface area contributed by atoms with Crippen LogP contribution in [0, 0.1) is 0 Å². The number of likely N-dealkylation sites (tertiary alicyclic amines) is 1. The maximum absolute atomic E-state index is 2.46. The van der Waals surface area contributed by atoms with Gasteiger partial charge >= 0.3 is 0 Å². The van der Waals surface area contributed by atoms with Crippen LogP contribution in [0.3, 0.4) is 0 Å². The van der Waals surface area contributed by atoms with Crippen LogP contribution in [0.1, 0.15) is 24.4 Å². The Bertz CT molecular complexity index is 333. The van der Waals surface area contributed by atoms with Crippen molar-refractivity contribution in [1.29, 1.82) is 0 Å². The number of rotatable bonds is 2. The van der Waals surface area contributed by atoms with Gasteiger partial charge in [0.2, 0.25) is 0 Å². The van der Waals surface area contributed by atoms with Crippen molar-refractivity contribution in [1.82, 2.24) is 4.90 Å². The molecule has 1 fully saturated rings. The summed E-state index contributed by atoms with van der Waals surface area (Å²) >= 11 is 0. The average molecular weight is 204 g/mol. The minimum absolute atomic E-state index is 0.614. The summed E-state index contributed by atoms with van der Waals surface area (Å²) in [4.78, 5) is 4.67. The SMILES string of the molecule is CN(C)c1ccccc1[C@@H]1CCCN1C. The molecule has 1 saturated heterocycles. The van der Waals surface area contributed by atoms with Gasteiger partial charge in [-0.2, -0.15) is 0 Å². The molecule has 2 nitrogen and oxygen atoms in total. The van der Waals surface area contributed by atoms with Gasteiger partial charge in [-0.15, -0.1) is 0 Å². The van der Waals surface area contributed by atoms with Crippen LogP contribution in [-0.2, 0) is 0 Å². The van der Waals surface area contributed by atoms with Gasteiger partial charge < -0.3 is 4.90 Å². The summed E-state index contributed by atoms with van der Waals surface area (Å²) in [5.74, 6) is 0. The highest BCUT2D eigenvalue weighted by Gasteiger charge is 2.24. The predicted molar refractivity (Wildman–Crippen MR) is 65.4 cm³/mol. The molecular formula is C13H20N2. The number of anilines is 1. The molecule has 15 heavy (non-hydrogen) atoms. The Labute approximate surface area is 92.5 Å². The Morgan fingerprint density at radius 2 is 2.00 bits per heavy atom. The van der Waals surface area contributed by atoms with E-state index in [2.05, 4.69) is 55.2 Å². The van der Waals surface area contributed by atoms with Gasteiger partial charge in [-0.25, -0.2) is 0 Å². The molecule has 0 spiro atoms. The first kappa shape index (κ1) is 10.5. The highest BCUT2D eigenvalue weighted by molar-refractivity contribution is 5.54. The molecule has 0 N–H and O–H groups in total. The van der Waals surface area contributed by atoms with Gasteiger partial charge in [-0.05, 0) is 38.1 Å². The summed E-state index contributed by atoms with van der Waals surface area (Å²) in [5.41, 5.74) is 2.83. The Balaban J connectivity index is 2.34. The summed E-state index contributed by atoms with van der Waals surface area (Å²) in [5, 5.41) is 0. The first-order valence-corrected chi connectivity index (χ1v) is 5.66. The van der Waals surface area contributed by atoms with E-state index in [9.17, 15) is 0 Å². The molecule has 1 aromatic rings. The molecule has 0 aromatic heterocycles. The topological polar surface area (TPSA) is 6.48 Å². The zero-order chi connectivity index (χ0) is 10.8. The lowest BCUT2D eigenvalue weighted by Gasteiger charge is -2.25. The molecule has 2 rings (SSSR count). The molecule has 2 heteroatoms. The van der Waals surface area contributed by atoms with Crippen molar-refractivity contribution in [2.24, 2.45) is 0 Å². The van der Waals surface area contributed by atoms with Crippen molar-refractivity contribution in [3.05, 3.63) is 29.8 Å². The maximum Gasteiger partial charge on any atom is 0.0409 e. The quantitative estimate of drug-likeness (QED) is 0.730. The number of nitrogens with zero attached hydrogens (tertiary/aromatic N) is 2. The van der Waals surface area contributed by atoms with Gasteiger partial charge in [0.25, 0.3) is 0 Å². The Kier molecular flexibility index (Phi) is 2.96. The van der Waals surface area contributed by atoms with E-state index in [1.807, 2.05) is 0 Å². The molecule has 0 aliphatic carbocycles. The van der Waals surface area contributed by atoms with Crippen LogP contribution >= 0.6 is 0 Å². The van der Waals surface area contributed by atoms with Crippen molar-refractivity contribution >= 4 is 5.69 Å². The van der Waals surface area contributed by atoms with Gasteiger partial charge in [0.15, 0.2) is 0 Å². The molecule has 1 aliphatic rings. The minimum Gasteiger partial charge on any atom is -0.377 e. The summed E-state index contributed by atoms with van der Waals surface area (Å²) in [6, 6.07) is 9.36. The number of hydrogen-bond donors (Lipinski definition) is 0. The first-order valence-electron chi connectivity index (χ1n) is 5.66. The third-order valence-corrected chi connectivity index (χ3v) is 3.30. The molecule has 0 saturated carbocycles. The molecular weight excluding hydrogens is 184 g/mol. The van der Waals surface area contributed by atoms with E-state index in [-0.39, 0.29) is 0 Å². The van der Waals surface area contributed by atoms with Gasteiger partial charge in [-0.3, -0.25) is 4.90 Å². The van der Waals surface area contributed by atoms with E-state index in [1.165, 1.54) is 30.6 Å². The van der Waals surface area contributed by atoms with Crippen molar-refractivity contribution in [2.75, 3.05) is 32.6 Å². The van der Waals surface area contributed by atoms with E-state index < -0.39 is 0 Å². The summed E-state index contributed by atoms with van der Waals surface area (Å²) in [6.07, 6.45) is 2.62. The summed E-state index contributed by atoms with van der Waals surface area (Å²) < 4.78 is 0. The van der Waals surface area contributed by atoms with Gasteiger partial charge in [0, 0.05) is 25.8 Å². The van der Waals surface area contributed by atoms with E-state index in [0.29, 0.717) is 6.04 Å². The molecule has 1 aromatic carbocycles. The molecule has 1 atom stereocenters. The lowest BCUT2D eigenvalue weighted by molar-refractivity contribution is 0.318. The van der Waals surface area contributed by atoms with E-state index >= 15 is 0 Å². The largest absolute Gasteiger partial charge is 0.377 e. The fourth-order valence-corrected chi connectivity index (χ4v) is 2.48. The zero-order valence-corrected chi connectivity index (χ0v) is 9.90. The highest BCUT2D eigenvalue weighted by Crippen LogP contribution is 2.35. The number of benzene rings is 1. The minimum atomic E-state index is 0.614.